The predicted molar refractivity (Wildman–Crippen MR) is 205 cm³/mol. The number of rotatable bonds is 24. The zero-order valence-corrected chi connectivity index (χ0v) is 32.9. The zero-order valence-electron chi connectivity index (χ0n) is 32.9. The number of carbonyl (C=O) groups is 7. The second-order valence-corrected chi connectivity index (χ2v) is 13.8. The molecule has 0 aliphatic carbocycles. The van der Waals surface area contributed by atoms with E-state index in [4.69, 9.17) is 24.7 Å². The van der Waals surface area contributed by atoms with E-state index in [1.807, 2.05) is 60.7 Å². The Morgan fingerprint density at radius 3 is 1.61 bits per heavy atom. The van der Waals surface area contributed by atoms with Crippen LogP contribution in [0.3, 0.4) is 0 Å². The Morgan fingerprint density at radius 2 is 1.09 bits per heavy atom. The molecule has 308 valence electrons. The van der Waals surface area contributed by atoms with E-state index in [1.54, 1.807) is 20.8 Å². The molecule has 0 aliphatic rings. The molecule has 0 aliphatic heterocycles. The smallest absolute Gasteiger partial charge is 0.407 e. The van der Waals surface area contributed by atoms with E-state index in [2.05, 4.69) is 21.3 Å². The number of nitrogens with two attached hydrogens (primary N) is 1. The Balaban J connectivity index is 1.77. The van der Waals surface area contributed by atoms with Gasteiger partial charge < -0.3 is 45.9 Å². The van der Waals surface area contributed by atoms with Gasteiger partial charge in [0, 0.05) is 18.6 Å². The molecule has 2 rings (SSSR count). The van der Waals surface area contributed by atoms with Gasteiger partial charge in [0.1, 0.15) is 31.5 Å². The third-order valence-corrected chi connectivity index (χ3v) is 8.01. The lowest BCUT2D eigenvalue weighted by atomic mass is 10.1. The Labute approximate surface area is 328 Å². The van der Waals surface area contributed by atoms with Crippen molar-refractivity contribution in [3.05, 3.63) is 71.8 Å². The second-order valence-electron chi connectivity index (χ2n) is 13.8. The third kappa shape index (κ3) is 20.8. The van der Waals surface area contributed by atoms with Crippen molar-refractivity contribution in [2.45, 2.75) is 129 Å². The van der Waals surface area contributed by atoms with Gasteiger partial charge in [0.15, 0.2) is 0 Å². The highest BCUT2D eigenvalue weighted by molar-refractivity contribution is 5.85. The standard InChI is InChI=1S/C40H57N5O11/c1-26(43-34(46)22-28(3)55-37(49)21-27(2)44-38(50)30(5)41)20-36(48)56-29(4)23-35(47)45-33(39(51)53-24-31-14-8-6-9-15-31)18-12-13-19-42-40(52)54-25-32-16-10-7-11-17-32/h6-11,14-17,26-30,33H,12-13,18-25,41H2,1-5H3,(H,42,52)(H,43,46)(H,44,50)(H,45,47)/t26-,27-,28+,29+,30-,33-/m0/s1. The Hall–Kier alpha value is -5.51. The molecule has 0 saturated carbocycles. The summed E-state index contributed by atoms with van der Waals surface area (Å²) in [6.45, 7) is 8.28. The molecule has 16 nitrogen and oxygen atoms in total. The second kappa shape index (κ2) is 25.5. The quantitative estimate of drug-likeness (QED) is 0.0588. The molecule has 56 heavy (non-hydrogen) atoms. The fourth-order valence-corrected chi connectivity index (χ4v) is 5.23. The third-order valence-electron chi connectivity index (χ3n) is 8.01. The Morgan fingerprint density at radius 1 is 0.607 bits per heavy atom. The molecular formula is C40H57N5O11. The van der Waals surface area contributed by atoms with Gasteiger partial charge in [-0.15, -0.1) is 0 Å². The highest BCUT2D eigenvalue weighted by Crippen LogP contribution is 2.10. The molecule has 0 unspecified atom stereocenters. The Bertz CT molecular complexity index is 1560. The van der Waals surface area contributed by atoms with Crippen molar-refractivity contribution in [2.75, 3.05) is 6.54 Å². The van der Waals surface area contributed by atoms with Crippen LogP contribution in [0.25, 0.3) is 0 Å². The minimum absolute atomic E-state index is 0.0168. The number of ether oxygens (including phenoxy) is 4. The van der Waals surface area contributed by atoms with Gasteiger partial charge in [-0.3, -0.25) is 24.0 Å². The maximum atomic E-state index is 13.0. The first-order valence-corrected chi connectivity index (χ1v) is 18.8. The minimum Gasteiger partial charge on any atom is -0.462 e. The normalized spacial score (nSPS) is 14.0. The van der Waals surface area contributed by atoms with Gasteiger partial charge >= 0.3 is 24.0 Å². The van der Waals surface area contributed by atoms with Crippen LogP contribution in [0.5, 0.6) is 0 Å². The maximum Gasteiger partial charge on any atom is 0.407 e. The van der Waals surface area contributed by atoms with Crippen molar-refractivity contribution in [1.29, 1.82) is 0 Å². The van der Waals surface area contributed by atoms with E-state index >= 15 is 0 Å². The van der Waals surface area contributed by atoms with Crippen LogP contribution >= 0.6 is 0 Å². The van der Waals surface area contributed by atoms with Crippen LogP contribution < -0.4 is 27.0 Å². The summed E-state index contributed by atoms with van der Waals surface area (Å²) < 4.78 is 21.3. The van der Waals surface area contributed by atoms with Crippen molar-refractivity contribution >= 4 is 41.7 Å². The van der Waals surface area contributed by atoms with Crippen LogP contribution in [-0.4, -0.2) is 84.6 Å². The number of unbranched alkanes of at least 4 members (excludes halogenated alkanes) is 1. The van der Waals surface area contributed by atoms with Gasteiger partial charge in [-0.25, -0.2) is 9.59 Å². The number of hydrogen-bond donors (Lipinski definition) is 5. The van der Waals surface area contributed by atoms with Crippen LogP contribution in [0, 0.1) is 0 Å². The molecule has 0 radical (unpaired) electrons. The molecular weight excluding hydrogens is 726 g/mol. The van der Waals surface area contributed by atoms with E-state index in [9.17, 15) is 33.6 Å². The van der Waals surface area contributed by atoms with Gasteiger partial charge in [-0.2, -0.15) is 0 Å². The number of benzene rings is 2. The summed E-state index contributed by atoms with van der Waals surface area (Å²) >= 11 is 0. The zero-order chi connectivity index (χ0) is 41.5. The summed E-state index contributed by atoms with van der Waals surface area (Å²) in [7, 11) is 0. The van der Waals surface area contributed by atoms with Crippen molar-refractivity contribution in [2.24, 2.45) is 5.73 Å². The number of alkyl carbamates (subject to hydrolysis) is 1. The van der Waals surface area contributed by atoms with Crippen LogP contribution in [0.4, 0.5) is 4.79 Å². The molecule has 6 N–H and O–H groups in total. The predicted octanol–water partition coefficient (Wildman–Crippen LogP) is 3.09. The molecule has 0 fully saturated rings. The molecule has 4 amide bonds. The molecule has 0 spiro atoms. The lowest BCUT2D eigenvalue weighted by molar-refractivity contribution is -0.152. The summed E-state index contributed by atoms with van der Waals surface area (Å²) in [5.41, 5.74) is 7.15. The molecule has 0 bridgehead atoms. The molecule has 2 aromatic rings. The van der Waals surface area contributed by atoms with Crippen LogP contribution in [-0.2, 0) is 60.9 Å². The van der Waals surface area contributed by atoms with E-state index < -0.39 is 78.1 Å². The minimum atomic E-state index is -0.986. The number of esters is 3. The highest BCUT2D eigenvalue weighted by atomic mass is 16.6. The van der Waals surface area contributed by atoms with Gasteiger partial charge in [-0.05, 0) is 65.0 Å². The number of carbonyl (C=O) groups excluding carboxylic acids is 7. The van der Waals surface area contributed by atoms with Crippen LogP contribution in [0.2, 0.25) is 0 Å². The van der Waals surface area contributed by atoms with Crippen LogP contribution in [0.15, 0.2) is 60.7 Å². The average molecular weight is 784 g/mol. The van der Waals surface area contributed by atoms with E-state index in [-0.39, 0.29) is 45.3 Å². The van der Waals surface area contributed by atoms with Crippen molar-refractivity contribution in [1.82, 2.24) is 21.3 Å². The fourth-order valence-electron chi connectivity index (χ4n) is 5.23. The largest absolute Gasteiger partial charge is 0.462 e. The first-order valence-electron chi connectivity index (χ1n) is 18.8. The van der Waals surface area contributed by atoms with Crippen LogP contribution in [0.1, 0.15) is 90.7 Å². The Kier molecular flexibility index (Phi) is 21.3. The number of hydrogen-bond acceptors (Lipinski definition) is 12. The van der Waals surface area contributed by atoms with Gasteiger partial charge in [0.25, 0.3) is 0 Å². The summed E-state index contributed by atoms with van der Waals surface area (Å²) in [6, 6.07) is 15.5. The SMILES string of the molecule is C[C@H](CC(=O)N[C@@H](CCCCNC(=O)OCc1ccccc1)C(=O)OCc1ccccc1)OC(=O)C[C@H](C)NC(=O)C[C@@H](C)OC(=O)C[C@H](C)NC(=O)[C@H](C)N. The van der Waals surface area contributed by atoms with E-state index in [1.165, 1.54) is 13.8 Å². The van der Waals surface area contributed by atoms with Crippen molar-refractivity contribution in [3.8, 4) is 0 Å². The van der Waals surface area contributed by atoms with Gasteiger partial charge in [-0.1, -0.05) is 60.7 Å². The first-order chi connectivity index (χ1) is 26.6. The molecule has 0 aromatic heterocycles. The lowest BCUT2D eigenvalue weighted by Crippen LogP contribution is -2.43. The molecule has 6 atom stereocenters. The molecule has 16 heteroatoms. The summed E-state index contributed by atoms with van der Waals surface area (Å²) in [5, 5.41) is 10.6. The number of amides is 4. The molecule has 0 saturated heterocycles. The van der Waals surface area contributed by atoms with Gasteiger partial charge in [0.2, 0.25) is 17.7 Å². The summed E-state index contributed by atoms with van der Waals surface area (Å²) in [6.07, 6.45) is -1.67. The monoisotopic (exact) mass is 783 g/mol. The molecule has 0 heterocycles. The molecule has 2 aromatic carbocycles. The van der Waals surface area contributed by atoms with E-state index in [0.717, 1.165) is 11.1 Å². The fraction of sp³-hybridized carbons (Fsp3) is 0.525. The summed E-state index contributed by atoms with van der Waals surface area (Å²) in [4.78, 5) is 87.1. The average Bonchev–Trinajstić information content (AvgIpc) is 3.12. The van der Waals surface area contributed by atoms with Crippen molar-refractivity contribution in [3.63, 3.8) is 0 Å². The van der Waals surface area contributed by atoms with Crippen molar-refractivity contribution < 1.29 is 52.5 Å². The van der Waals surface area contributed by atoms with E-state index in [0.29, 0.717) is 19.4 Å². The number of nitrogens with one attached hydrogen (secondary N) is 4. The lowest BCUT2D eigenvalue weighted by Gasteiger charge is -2.20. The first kappa shape index (κ1) is 46.6. The topological polar surface area (TPSA) is 231 Å². The highest BCUT2D eigenvalue weighted by Gasteiger charge is 2.25. The summed E-state index contributed by atoms with van der Waals surface area (Å²) in [5.74, 6) is -3.28. The maximum absolute atomic E-state index is 13.0. The van der Waals surface area contributed by atoms with Gasteiger partial charge in [0.05, 0.1) is 31.7 Å².